The zero-order chi connectivity index (χ0) is 22.1. The molecule has 3 rings (SSSR count). The summed E-state index contributed by atoms with van der Waals surface area (Å²) >= 11 is 0. The summed E-state index contributed by atoms with van der Waals surface area (Å²) in [7, 11) is 3.66. The highest BCUT2D eigenvalue weighted by Gasteiger charge is 2.34. The first-order valence-electron chi connectivity index (χ1n) is 10.4. The van der Waals surface area contributed by atoms with Crippen molar-refractivity contribution in [2.24, 2.45) is 17.6 Å². The van der Waals surface area contributed by atoms with E-state index in [0.29, 0.717) is 12.8 Å². The second-order valence-corrected chi connectivity index (χ2v) is 9.41. The van der Waals surface area contributed by atoms with Crippen LogP contribution >= 0.6 is 0 Å². The van der Waals surface area contributed by atoms with Crippen molar-refractivity contribution in [2.45, 2.75) is 46.6 Å². The maximum absolute atomic E-state index is 13.2. The van der Waals surface area contributed by atoms with E-state index >= 15 is 0 Å². The SMILES string of the molecule is Cc1ccc([C@H]2CC(c3cccn3C)=NN2C(=O)CN(C)C(=O)CC(C)(C)C)cc1. The van der Waals surface area contributed by atoms with Gasteiger partial charge in [-0.3, -0.25) is 9.59 Å². The van der Waals surface area contributed by atoms with Crippen LogP contribution in [0.3, 0.4) is 0 Å². The van der Waals surface area contributed by atoms with Crippen molar-refractivity contribution in [1.29, 1.82) is 0 Å². The molecule has 0 fully saturated rings. The average molecular weight is 409 g/mol. The number of hydrazone groups is 1. The molecule has 160 valence electrons. The first-order valence-corrected chi connectivity index (χ1v) is 10.4. The van der Waals surface area contributed by atoms with Crippen LogP contribution in [-0.2, 0) is 16.6 Å². The maximum Gasteiger partial charge on any atom is 0.262 e. The van der Waals surface area contributed by atoms with Crippen LogP contribution in [0.4, 0.5) is 0 Å². The third kappa shape index (κ3) is 4.99. The number of benzene rings is 1. The minimum atomic E-state index is -0.172. The standard InChI is InChI=1S/C24H32N4O2/c1-17-9-11-18(12-10-17)21-14-19(20-8-7-13-26(20)5)25-28(21)23(30)16-27(6)22(29)15-24(2,3)4/h7-13,21H,14-16H2,1-6H3/t21-/m1/s1. The molecule has 1 aliphatic heterocycles. The normalized spacial score (nSPS) is 16.5. The van der Waals surface area contributed by atoms with E-state index in [1.165, 1.54) is 10.5 Å². The van der Waals surface area contributed by atoms with Crippen molar-refractivity contribution in [2.75, 3.05) is 13.6 Å². The van der Waals surface area contributed by atoms with Gasteiger partial charge in [0, 0.05) is 33.1 Å². The van der Waals surface area contributed by atoms with Crippen molar-refractivity contribution in [3.05, 3.63) is 59.4 Å². The molecule has 0 bridgehead atoms. The van der Waals surface area contributed by atoms with E-state index in [9.17, 15) is 9.59 Å². The van der Waals surface area contributed by atoms with Gasteiger partial charge in [0.05, 0.1) is 17.4 Å². The molecule has 0 N–H and O–H groups in total. The summed E-state index contributed by atoms with van der Waals surface area (Å²) in [6, 6.07) is 12.0. The topological polar surface area (TPSA) is 57.9 Å². The van der Waals surface area contributed by atoms with Gasteiger partial charge in [-0.15, -0.1) is 0 Å². The highest BCUT2D eigenvalue weighted by atomic mass is 16.2. The van der Waals surface area contributed by atoms with Gasteiger partial charge in [0.15, 0.2) is 0 Å². The lowest BCUT2D eigenvalue weighted by Gasteiger charge is -2.26. The predicted octanol–water partition coefficient (Wildman–Crippen LogP) is 3.91. The molecule has 1 atom stereocenters. The predicted molar refractivity (Wildman–Crippen MR) is 119 cm³/mol. The first kappa shape index (κ1) is 21.8. The largest absolute Gasteiger partial charge is 0.350 e. The number of amides is 2. The van der Waals surface area contributed by atoms with Crippen LogP contribution in [0.15, 0.2) is 47.7 Å². The summed E-state index contributed by atoms with van der Waals surface area (Å²) in [5, 5.41) is 6.26. The Morgan fingerprint density at radius 1 is 1.17 bits per heavy atom. The molecule has 2 amide bonds. The Hall–Kier alpha value is -2.89. The summed E-state index contributed by atoms with van der Waals surface area (Å²) in [5.74, 6) is -0.205. The number of likely N-dealkylation sites (N-methyl/N-ethyl adjacent to an activating group) is 1. The van der Waals surface area contributed by atoms with E-state index < -0.39 is 0 Å². The van der Waals surface area contributed by atoms with Crippen LogP contribution in [-0.4, -0.2) is 45.6 Å². The molecule has 6 heteroatoms. The fraction of sp³-hybridized carbons (Fsp3) is 0.458. The third-order valence-electron chi connectivity index (χ3n) is 5.35. The third-order valence-corrected chi connectivity index (χ3v) is 5.35. The van der Waals surface area contributed by atoms with E-state index in [4.69, 9.17) is 5.10 Å². The van der Waals surface area contributed by atoms with Crippen LogP contribution in [0.5, 0.6) is 0 Å². The van der Waals surface area contributed by atoms with E-state index in [1.807, 2.05) is 57.6 Å². The van der Waals surface area contributed by atoms with Crippen LogP contribution in [0, 0.1) is 12.3 Å². The smallest absolute Gasteiger partial charge is 0.262 e. The summed E-state index contributed by atoms with van der Waals surface area (Å²) in [6.45, 7) is 8.12. The molecule has 2 heterocycles. The fourth-order valence-corrected chi connectivity index (χ4v) is 3.66. The number of nitrogens with zero attached hydrogens (tertiary/aromatic N) is 4. The monoisotopic (exact) mass is 408 g/mol. The lowest BCUT2D eigenvalue weighted by molar-refractivity contribution is -0.141. The Morgan fingerprint density at radius 3 is 2.40 bits per heavy atom. The molecule has 1 aromatic carbocycles. The van der Waals surface area contributed by atoms with Crippen LogP contribution < -0.4 is 0 Å². The zero-order valence-corrected chi connectivity index (χ0v) is 18.8. The van der Waals surface area contributed by atoms with Gasteiger partial charge in [-0.05, 0) is 30.0 Å². The van der Waals surface area contributed by atoms with Crippen molar-refractivity contribution in [3.8, 4) is 0 Å². The molecular formula is C24H32N4O2. The van der Waals surface area contributed by atoms with E-state index in [0.717, 1.165) is 17.0 Å². The number of aromatic nitrogens is 1. The van der Waals surface area contributed by atoms with Crippen LogP contribution in [0.2, 0.25) is 0 Å². The molecule has 0 aliphatic carbocycles. The molecule has 0 spiro atoms. The van der Waals surface area contributed by atoms with Crippen molar-refractivity contribution in [1.82, 2.24) is 14.5 Å². The highest BCUT2D eigenvalue weighted by molar-refractivity contribution is 6.02. The van der Waals surface area contributed by atoms with E-state index in [-0.39, 0.29) is 29.8 Å². The lowest BCUT2D eigenvalue weighted by Crippen LogP contribution is -2.40. The van der Waals surface area contributed by atoms with Crippen LogP contribution in [0.1, 0.15) is 56.5 Å². The second-order valence-electron chi connectivity index (χ2n) is 9.41. The van der Waals surface area contributed by atoms with Crippen molar-refractivity contribution >= 4 is 17.5 Å². The summed E-state index contributed by atoms with van der Waals surface area (Å²) in [5.41, 5.74) is 3.98. The van der Waals surface area contributed by atoms with Gasteiger partial charge in [-0.2, -0.15) is 5.10 Å². The van der Waals surface area contributed by atoms with E-state index in [1.54, 1.807) is 12.1 Å². The first-order chi connectivity index (χ1) is 14.0. The minimum Gasteiger partial charge on any atom is -0.350 e. The second kappa shape index (κ2) is 8.46. The molecule has 0 radical (unpaired) electrons. The number of hydrogen-bond acceptors (Lipinski definition) is 3. The Kier molecular flexibility index (Phi) is 6.15. The summed E-state index contributed by atoms with van der Waals surface area (Å²) in [6.07, 6.45) is 3.02. The number of carbonyl (C=O) groups excluding carboxylic acids is 2. The van der Waals surface area contributed by atoms with Gasteiger partial charge >= 0.3 is 0 Å². The molecule has 2 aromatic rings. The maximum atomic E-state index is 13.2. The van der Waals surface area contributed by atoms with Crippen LogP contribution in [0.25, 0.3) is 0 Å². The summed E-state index contributed by atoms with van der Waals surface area (Å²) < 4.78 is 2.01. The zero-order valence-electron chi connectivity index (χ0n) is 18.8. The minimum absolute atomic E-state index is 0.0151. The number of rotatable bonds is 5. The fourth-order valence-electron chi connectivity index (χ4n) is 3.66. The molecule has 0 unspecified atom stereocenters. The van der Waals surface area contributed by atoms with Crippen molar-refractivity contribution < 1.29 is 9.59 Å². The van der Waals surface area contributed by atoms with Gasteiger partial charge in [-0.1, -0.05) is 50.6 Å². The molecule has 30 heavy (non-hydrogen) atoms. The van der Waals surface area contributed by atoms with Crippen molar-refractivity contribution in [3.63, 3.8) is 0 Å². The van der Waals surface area contributed by atoms with Gasteiger partial charge in [0.1, 0.15) is 6.54 Å². The molecular weight excluding hydrogens is 376 g/mol. The Bertz CT molecular complexity index is 950. The lowest BCUT2D eigenvalue weighted by atomic mass is 9.92. The molecule has 1 aromatic heterocycles. The van der Waals surface area contributed by atoms with Gasteiger partial charge in [0.25, 0.3) is 5.91 Å². The van der Waals surface area contributed by atoms with Gasteiger partial charge < -0.3 is 9.47 Å². The Labute approximate surface area is 179 Å². The Morgan fingerprint density at radius 2 is 1.83 bits per heavy atom. The number of aryl methyl sites for hydroxylation is 2. The molecule has 1 aliphatic rings. The Balaban J connectivity index is 1.84. The summed E-state index contributed by atoms with van der Waals surface area (Å²) in [4.78, 5) is 27.2. The number of hydrogen-bond donors (Lipinski definition) is 0. The molecule has 6 nitrogen and oxygen atoms in total. The average Bonchev–Trinajstić information content (AvgIpc) is 3.27. The molecule has 0 saturated carbocycles. The molecule has 0 saturated heterocycles. The van der Waals surface area contributed by atoms with Gasteiger partial charge in [0.2, 0.25) is 5.91 Å². The quantitative estimate of drug-likeness (QED) is 0.753. The van der Waals surface area contributed by atoms with E-state index in [2.05, 4.69) is 24.3 Å². The highest BCUT2D eigenvalue weighted by Crippen LogP contribution is 2.33. The van der Waals surface area contributed by atoms with Gasteiger partial charge in [-0.25, -0.2) is 5.01 Å². The number of carbonyl (C=O) groups is 2.